The summed E-state index contributed by atoms with van der Waals surface area (Å²) in [5.74, 6) is 0.898. The number of hydrogen-bond acceptors (Lipinski definition) is 5. The number of ether oxygens (including phenoxy) is 1. The number of carbonyl (C=O) groups excluding carboxylic acids is 1. The normalized spacial score (nSPS) is 10.8. The van der Waals surface area contributed by atoms with E-state index in [4.69, 9.17) is 4.74 Å². The van der Waals surface area contributed by atoms with E-state index in [-0.39, 0.29) is 11.7 Å². The number of para-hydroxylation sites is 1. The zero-order valence-electron chi connectivity index (χ0n) is 18.3. The fourth-order valence-electron chi connectivity index (χ4n) is 3.27. The molecule has 1 heterocycles. The molecule has 0 spiro atoms. The van der Waals surface area contributed by atoms with Crippen LogP contribution in [0.2, 0.25) is 0 Å². The second-order valence-electron chi connectivity index (χ2n) is 7.23. The van der Waals surface area contributed by atoms with Crippen molar-refractivity contribution in [2.45, 2.75) is 19.0 Å². The van der Waals surface area contributed by atoms with Crippen molar-refractivity contribution in [3.8, 4) is 22.8 Å². The molecular formula is C25H23FN4O2S. The second-order valence-corrected chi connectivity index (χ2v) is 8.17. The molecule has 0 atom stereocenters. The van der Waals surface area contributed by atoms with Crippen LogP contribution in [0.1, 0.15) is 12.5 Å². The predicted molar refractivity (Wildman–Crippen MR) is 128 cm³/mol. The van der Waals surface area contributed by atoms with Crippen LogP contribution in [-0.2, 0) is 4.79 Å². The Morgan fingerprint density at radius 2 is 1.82 bits per heavy atom. The molecule has 0 unspecified atom stereocenters. The lowest BCUT2D eigenvalue weighted by Gasteiger charge is -2.11. The highest BCUT2D eigenvalue weighted by atomic mass is 32.2. The number of aromatic nitrogens is 3. The molecule has 6 nitrogen and oxygen atoms in total. The molecule has 1 N–H and O–H groups in total. The van der Waals surface area contributed by atoms with E-state index in [9.17, 15) is 9.18 Å². The second kappa shape index (κ2) is 10.3. The Labute approximate surface area is 195 Å². The molecule has 0 saturated heterocycles. The Hall–Kier alpha value is -3.65. The molecule has 4 rings (SSSR count). The maximum Gasteiger partial charge on any atom is 0.234 e. The molecule has 0 aliphatic rings. The summed E-state index contributed by atoms with van der Waals surface area (Å²) in [6.07, 6.45) is 0. The van der Waals surface area contributed by atoms with Gasteiger partial charge in [0.1, 0.15) is 11.6 Å². The summed E-state index contributed by atoms with van der Waals surface area (Å²) in [4.78, 5) is 12.5. The van der Waals surface area contributed by atoms with Gasteiger partial charge in [-0.25, -0.2) is 4.39 Å². The smallest absolute Gasteiger partial charge is 0.234 e. The lowest BCUT2D eigenvalue weighted by Crippen LogP contribution is -2.15. The van der Waals surface area contributed by atoms with E-state index in [1.54, 1.807) is 6.07 Å². The predicted octanol–water partition coefficient (Wildman–Crippen LogP) is 5.51. The monoisotopic (exact) mass is 462 g/mol. The van der Waals surface area contributed by atoms with Gasteiger partial charge in [-0.2, -0.15) is 0 Å². The highest BCUT2D eigenvalue weighted by Crippen LogP contribution is 2.29. The highest BCUT2D eigenvalue weighted by molar-refractivity contribution is 7.99. The van der Waals surface area contributed by atoms with Crippen molar-refractivity contribution in [1.82, 2.24) is 14.8 Å². The van der Waals surface area contributed by atoms with Gasteiger partial charge in [0.15, 0.2) is 11.0 Å². The summed E-state index contributed by atoms with van der Waals surface area (Å²) in [5, 5.41) is 12.1. The fraction of sp³-hybridized carbons (Fsp3) is 0.160. The molecule has 0 radical (unpaired) electrons. The van der Waals surface area contributed by atoms with E-state index in [1.165, 1.54) is 23.9 Å². The van der Waals surface area contributed by atoms with Crippen LogP contribution < -0.4 is 10.1 Å². The van der Waals surface area contributed by atoms with Gasteiger partial charge < -0.3 is 10.1 Å². The van der Waals surface area contributed by atoms with Crippen LogP contribution >= 0.6 is 11.8 Å². The maximum absolute atomic E-state index is 13.5. The van der Waals surface area contributed by atoms with Gasteiger partial charge in [0.25, 0.3) is 0 Å². The van der Waals surface area contributed by atoms with Gasteiger partial charge in [-0.3, -0.25) is 9.36 Å². The molecule has 0 aliphatic carbocycles. The van der Waals surface area contributed by atoms with Crippen molar-refractivity contribution in [3.05, 3.63) is 84.2 Å². The Morgan fingerprint density at radius 1 is 1.06 bits per heavy atom. The van der Waals surface area contributed by atoms with Crippen molar-refractivity contribution in [2.24, 2.45) is 0 Å². The van der Waals surface area contributed by atoms with Gasteiger partial charge in [0.2, 0.25) is 5.91 Å². The Bertz CT molecular complexity index is 1240. The number of nitrogens with one attached hydrogen (secondary N) is 1. The van der Waals surface area contributed by atoms with Crippen molar-refractivity contribution >= 4 is 23.4 Å². The van der Waals surface area contributed by atoms with Crippen LogP contribution in [0.15, 0.2) is 78.0 Å². The summed E-state index contributed by atoms with van der Waals surface area (Å²) in [6.45, 7) is 4.35. The minimum absolute atomic E-state index is 0.101. The molecule has 0 bridgehead atoms. The van der Waals surface area contributed by atoms with Gasteiger partial charge in [0.05, 0.1) is 12.4 Å². The number of rotatable bonds is 8. The van der Waals surface area contributed by atoms with E-state index in [0.717, 1.165) is 22.6 Å². The molecule has 1 aromatic heterocycles. The molecule has 0 fully saturated rings. The maximum atomic E-state index is 13.5. The minimum Gasteiger partial charge on any atom is -0.494 e. The van der Waals surface area contributed by atoms with Gasteiger partial charge in [-0.1, -0.05) is 36.0 Å². The van der Waals surface area contributed by atoms with Crippen molar-refractivity contribution in [2.75, 3.05) is 17.7 Å². The quantitative estimate of drug-likeness (QED) is 0.350. The topological polar surface area (TPSA) is 69.0 Å². The van der Waals surface area contributed by atoms with Crippen LogP contribution in [-0.4, -0.2) is 33.0 Å². The number of thioether (sulfide) groups is 1. The van der Waals surface area contributed by atoms with E-state index < -0.39 is 5.82 Å². The van der Waals surface area contributed by atoms with E-state index in [1.807, 2.05) is 73.0 Å². The highest BCUT2D eigenvalue weighted by Gasteiger charge is 2.17. The third kappa shape index (κ3) is 5.40. The van der Waals surface area contributed by atoms with Gasteiger partial charge in [0, 0.05) is 16.9 Å². The largest absolute Gasteiger partial charge is 0.494 e. The van der Waals surface area contributed by atoms with Gasteiger partial charge in [-0.15, -0.1) is 10.2 Å². The molecule has 33 heavy (non-hydrogen) atoms. The van der Waals surface area contributed by atoms with Crippen molar-refractivity contribution in [1.29, 1.82) is 0 Å². The molecule has 0 saturated carbocycles. The average molecular weight is 463 g/mol. The lowest BCUT2D eigenvalue weighted by atomic mass is 10.2. The van der Waals surface area contributed by atoms with Crippen LogP contribution in [0.3, 0.4) is 0 Å². The summed E-state index contributed by atoms with van der Waals surface area (Å²) < 4.78 is 21.0. The van der Waals surface area contributed by atoms with Crippen LogP contribution in [0.5, 0.6) is 5.75 Å². The summed E-state index contributed by atoms with van der Waals surface area (Å²) >= 11 is 1.26. The lowest BCUT2D eigenvalue weighted by molar-refractivity contribution is -0.113. The van der Waals surface area contributed by atoms with Gasteiger partial charge in [-0.05, 0) is 67.9 Å². The molecule has 1 amide bonds. The third-order valence-electron chi connectivity index (χ3n) is 4.88. The molecule has 3 aromatic carbocycles. The van der Waals surface area contributed by atoms with Gasteiger partial charge >= 0.3 is 0 Å². The van der Waals surface area contributed by atoms with Crippen LogP contribution in [0, 0.1) is 12.7 Å². The average Bonchev–Trinajstić information content (AvgIpc) is 3.25. The van der Waals surface area contributed by atoms with Crippen molar-refractivity contribution in [3.63, 3.8) is 0 Å². The van der Waals surface area contributed by atoms with Crippen molar-refractivity contribution < 1.29 is 13.9 Å². The molecule has 168 valence electrons. The SMILES string of the molecule is CCOc1ccc(-c2nnc(SCC(=O)Nc3cc(F)ccc3C)n2-c2ccccc2)cc1. The number of anilines is 1. The number of hydrogen-bond donors (Lipinski definition) is 1. The standard InChI is InChI=1S/C25H23FN4O2S/c1-3-32-21-13-10-18(11-14-21)24-28-29-25(30(24)20-7-5-4-6-8-20)33-16-23(31)27-22-15-19(26)12-9-17(22)2/h4-15H,3,16H2,1-2H3,(H,27,31). The number of nitrogens with zero attached hydrogens (tertiary/aromatic N) is 3. The zero-order valence-corrected chi connectivity index (χ0v) is 19.1. The Morgan fingerprint density at radius 3 is 2.55 bits per heavy atom. The van der Waals surface area contributed by atoms with E-state index >= 15 is 0 Å². The fourth-order valence-corrected chi connectivity index (χ4v) is 4.02. The first-order valence-corrected chi connectivity index (χ1v) is 11.5. The first-order chi connectivity index (χ1) is 16.0. The van der Waals surface area contributed by atoms with E-state index in [0.29, 0.717) is 23.3 Å². The number of aryl methyl sites for hydroxylation is 1. The Kier molecular flexibility index (Phi) is 7.04. The summed E-state index contributed by atoms with van der Waals surface area (Å²) in [5.41, 5.74) is 3.01. The molecule has 8 heteroatoms. The summed E-state index contributed by atoms with van der Waals surface area (Å²) in [6, 6.07) is 21.7. The number of halogens is 1. The number of amides is 1. The third-order valence-corrected chi connectivity index (χ3v) is 5.81. The van der Waals surface area contributed by atoms with E-state index in [2.05, 4.69) is 15.5 Å². The number of carbonyl (C=O) groups is 1. The first-order valence-electron chi connectivity index (χ1n) is 10.5. The first kappa shape index (κ1) is 22.5. The molecule has 4 aromatic rings. The van der Waals surface area contributed by atoms with Crippen LogP contribution in [0.25, 0.3) is 17.1 Å². The summed E-state index contributed by atoms with van der Waals surface area (Å²) in [7, 11) is 0. The minimum atomic E-state index is -0.396. The van der Waals surface area contributed by atoms with Crippen LogP contribution in [0.4, 0.5) is 10.1 Å². The zero-order chi connectivity index (χ0) is 23.2. The Balaban J connectivity index is 1.58. The molecule has 0 aliphatic heterocycles. The molecular weight excluding hydrogens is 439 g/mol. The number of benzene rings is 3.